The van der Waals surface area contributed by atoms with Gasteiger partial charge in [-0.25, -0.2) is 78.8 Å². The topological polar surface area (TPSA) is 340 Å². The number of alkyl halides is 5. The molecule has 6 aliphatic rings. The number of rotatable bonds is 30. The molecule has 0 amide bonds. The first-order valence-electron chi connectivity index (χ1n) is 36.2. The van der Waals surface area contributed by atoms with Gasteiger partial charge in [-0.2, -0.15) is 0 Å². The summed E-state index contributed by atoms with van der Waals surface area (Å²) in [6, 6.07) is 8.80. The van der Waals surface area contributed by atoms with Gasteiger partial charge in [0.25, 0.3) is 11.8 Å². The molecule has 3 aromatic carbocycles. The molecule has 6 aromatic rings. The number of hydrogen-bond acceptors (Lipinski definition) is 27. The first-order chi connectivity index (χ1) is 55.4. The molecular formula is C75H79BrCl2F8N12O15S3. The maximum absolute atomic E-state index is 15.0. The van der Waals surface area contributed by atoms with E-state index in [1.807, 2.05) is 4.90 Å². The number of esters is 3. The SMILES string of the molecule is CCOC(=O)C1=C(CN2CCC(COCC(=O)O)C(F)(F)C2)NC(c2nccs2)=NC1c1ccc(F)cc1Br.CCOC(=O)C1=C(CN2CCC(COCC(=O)O)C(F)(F)C2)NC(c2nccs2)=NC1c1ccc(F)cc1Cl.CCOC(=O)C1=C(CN2CCC(COCC(=O)O)C(F)C2)NC(c2nccs2)=NC1c1ccc(F)cc1Cl. The van der Waals surface area contributed by atoms with Crippen LogP contribution in [0.1, 0.15) is 89.9 Å². The number of aliphatic imine (C=N–C) groups is 3. The number of carbonyl (C=O) groups is 6. The van der Waals surface area contributed by atoms with Gasteiger partial charge in [0.2, 0.25) is 0 Å². The van der Waals surface area contributed by atoms with Gasteiger partial charge in [0.05, 0.1) is 69.5 Å². The smallest absolute Gasteiger partial charge is 0.338 e. The highest BCUT2D eigenvalue weighted by Crippen LogP contribution is 2.43. The van der Waals surface area contributed by atoms with Crippen molar-refractivity contribution >= 4 is 126 Å². The Labute approximate surface area is 689 Å². The van der Waals surface area contributed by atoms with Crippen LogP contribution in [0.5, 0.6) is 0 Å². The number of ether oxygens (including phenoxy) is 6. The fraction of sp³-hybridized carbons (Fsp3) is 0.440. The van der Waals surface area contributed by atoms with Crippen LogP contribution < -0.4 is 16.0 Å². The zero-order valence-electron chi connectivity index (χ0n) is 62.2. The molecule has 0 spiro atoms. The number of aliphatic carboxylic acids is 3. The molecule has 0 saturated carbocycles. The summed E-state index contributed by atoms with van der Waals surface area (Å²) in [5.74, 6) is -15.1. The molecule has 7 atom stereocenters. The van der Waals surface area contributed by atoms with E-state index in [0.29, 0.717) is 78.1 Å². The average molecular weight is 1790 g/mol. The number of benzene rings is 3. The molecule has 624 valence electrons. The van der Waals surface area contributed by atoms with Crippen molar-refractivity contribution in [1.29, 1.82) is 0 Å². The normalized spacial score (nSPS) is 21.6. The molecule has 6 aliphatic heterocycles. The van der Waals surface area contributed by atoms with E-state index in [9.17, 15) is 41.9 Å². The summed E-state index contributed by atoms with van der Waals surface area (Å²) in [6.07, 6.45) is 4.11. The van der Waals surface area contributed by atoms with Crippen molar-refractivity contribution in [3.8, 4) is 0 Å². The summed E-state index contributed by atoms with van der Waals surface area (Å²) < 4.78 is 148. The van der Waals surface area contributed by atoms with Crippen molar-refractivity contribution in [1.82, 2.24) is 45.6 Å². The number of thiazole rings is 3. The summed E-state index contributed by atoms with van der Waals surface area (Å²) >= 11 is 20.1. The van der Waals surface area contributed by atoms with E-state index in [4.69, 9.17) is 76.9 Å². The minimum Gasteiger partial charge on any atom is -0.480 e. The predicted octanol–water partition coefficient (Wildman–Crippen LogP) is 11.5. The number of carbonyl (C=O) groups excluding carboxylic acids is 3. The van der Waals surface area contributed by atoms with Gasteiger partial charge in [0.15, 0.2) is 32.5 Å². The van der Waals surface area contributed by atoms with Gasteiger partial charge in [-0.3, -0.25) is 29.7 Å². The number of halogens is 11. The van der Waals surface area contributed by atoms with E-state index in [-0.39, 0.29) is 124 Å². The molecule has 9 heterocycles. The average Bonchev–Trinajstić information content (AvgIpc) is 1.09. The number of nitrogens with one attached hydrogen (secondary N) is 3. The minimum absolute atomic E-state index is 0.0162. The number of carboxylic acid groups (broad SMARTS) is 3. The van der Waals surface area contributed by atoms with E-state index in [2.05, 4.69) is 51.8 Å². The summed E-state index contributed by atoms with van der Waals surface area (Å²) in [6.45, 7) is 2.57. The second-order valence-corrected chi connectivity index (χ2v) is 31.2. The van der Waals surface area contributed by atoms with Crippen LogP contribution in [0.2, 0.25) is 10.0 Å². The number of hydrogen-bond donors (Lipinski definition) is 6. The first-order valence-corrected chi connectivity index (χ1v) is 40.4. The van der Waals surface area contributed by atoms with Crippen LogP contribution in [0.4, 0.5) is 35.1 Å². The lowest BCUT2D eigenvalue weighted by atomic mass is 9.92. The maximum atomic E-state index is 15.0. The second-order valence-electron chi connectivity index (χ2n) is 26.8. The largest absolute Gasteiger partial charge is 0.480 e. The standard InChI is InChI=1S/C25H26BrF3N4O5S.C25H26ClF3N4O5S.C25H27ClF2N4O5S/c2*1-2-38-24(36)20-18(10-33-7-5-14(25(28,29)13-33)11-37-12-19(34)35)31-22(23-30-6-8-39-23)32-21(20)16-4-3-15(27)9-17(16)26;1-2-37-25(35)21-19(11-32-7-5-14(18(28)10-32)12-36-13-20(33)34)30-23(24-29-6-8-38-24)31-22(21)16-4-3-15(27)9-17(16)26/h2*3-4,6,8-9,14,21H,2,5,7,10-13H2,1H3,(H,31,32)(H,34,35);3-4,6,8-9,14,18,22H,2,5,7,10-13H2,1H3,(H,30,31)(H,33,34). The Morgan fingerprint density at radius 2 is 0.862 bits per heavy atom. The molecule has 0 bridgehead atoms. The zero-order chi connectivity index (χ0) is 83.5. The van der Waals surface area contributed by atoms with Crippen LogP contribution in [-0.2, 0) is 57.2 Å². The van der Waals surface area contributed by atoms with Gasteiger partial charge in [-0.05, 0) is 102 Å². The molecule has 27 nitrogen and oxygen atoms in total. The molecular weight excluding hydrogens is 1710 g/mol. The number of piperidine rings is 3. The molecule has 3 fully saturated rings. The van der Waals surface area contributed by atoms with Crippen molar-refractivity contribution in [3.63, 3.8) is 0 Å². The van der Waals surface area contributed by atoms with E-state index in [0.717, 1.165) is 12.1 Å². The fourth-order valence-corrected chi connectivity index (χ4v) is 16.3. The Kier molecular flexibility index (Phi) is 32.1. The Morgan fingerprint density at radius 1 is 0.517 bits per heavy atom. The Balaban J connectivity index is 0.000000184. The van der Waals surface area contributed by atoms with Gasteiger partial charge < -0.3 is 59.7 Å². The minimum atomic E-state index is -3.16. The molecule has 12 rings (SSSR count). The molecule has 3 aromatic heterocycles. The fourth-order valence-electron chi connectivity index (χ4n) is 13.4. The Bertz CT molecular complexity index is 4500. The van der Waals surface area contributed by atoms with E-state index in [1.165, 1.54) is 86.3 Å². The molecule has 6 N–H and O–H groups in total. The monoisotopic (exact) mass is 1780 g/mol. The lowest BCUT2D eigenvalue weighted by Gasteiger charge is -2.39. The third kappa shape index (κ3) is 23.8. The highest BCUT2D eigenvalue weighted by atomic mass is 79.9. The number of amidine groups is 3. The molecule has 7 unspecified atom stereocenters. The Morgan fingerprint density at radius 3 is 1.19 bits per heavy atom. The van der Waals surface area contributed by atoms with Gasteiger partial charge in [0.1, 0.15) is 61.6 Å². The van der Waals surface area contributed by atoms with E-state index >= 15 is 22.0 Å². The molecule has 116 heavy (non-hydrogen) atoms. The third-order valence-electron chi connectivity index (χ3n) is 18.7. The molecule has 0 radical (unpaired) electrons. The van der Waals surface area contributed by atoms with E-state index in [1.54, 1.807) is 55.5 Å². The van der Waals surface area contributed by atoms with Crippen LogP contribution in [0.15, 0.2) is 143 Å². The predicted molar refractivity (Wildman–Crippen MR) is 415 cm³/mol. The van der Waals surface area contributed by atoms with Crippen LogP contribution in [0.25, 0.3) is 0 Å². The van der Waals surface area contributed by atoms with Crippen molar-refractivity contribution in [2.75, 3.05) is 118 Å². The summed E-state index contributed by atoms with van der Waals surface area (Å²) in [7, 11) is 0. The lowest BCUT2D eigenvalue weighted by Crippen LogP contribution is -2.51. The summed E-state index contributed by atoms with van der Waals surface area (Å²) in [5, 5.41) is 42.6. The molecule has 3 saturated heterocycles. The molecule has 41 heteroatoms. The van der Waals surface area contributed by atoms with Crippen molar-refractivity contribution in [2.45, 2.75) is 76.2 Å². The molecule has 0 aliphatic carbocycles. The Hall–Kier alpha value is -8.74. The van der Waals surface area contributed by atoms with Crippen LogP contribution in [0, 0.1) is 35.2 Å². The summed E-state index contributed by atoms with van der Waals surface area (Å²) in [4.78, 5) is 104. The van der Waals surface area contributed by atoms with Gasteiger partial charge in [-0.1, -0.05) is 57.3 Å². The van der Waals surface area contributed by atoms with Crippen LogP contribution in [0.3, 0.4) is 0 Å². The number of likely N-dealkylation sites (tertiary alicyclic amines) is 3. The zero-order valence-corrected chi connectivity index (χ0v) is 67.7. The van der Waals surface area contributed by atoms with Crippen LogP contribution in [-0.4, -0.2) is 235 Å². The number of carboxylic acids is 3. The highest BCUT2D eigenvalue weighted by Gasteiger charge is 2.48. The quantitative estimate of drug-likeness (QED) is 0.0139. The van der Waals surface area contributed by atoms with Crippen LogP contribution >= 0.6 is 73.1 Å². The van der Waals surface area contributed by atoms with Crippen molar-refractivity contribution in [3.05, 3.63) is 187 Å². The van der Waals surface area contributed by atoms with E-state index < -0.39 is 140 Å². The van der Waals surface area contributed by atoms with Crippen molar-refractivity contribution in [2.24, 2.45) is 32.7 Å². The number of nitrogens with zero attached hydrogens (tertiary/aromatic N) is 9. The number of aromatic nitrogens is 3. The van der Waals surface area contributed by atoms with Crippen molar-refractivity contribution < 1.29 is 108 Å². The van der Waals surface area contributed by atoms with Gasteiger partial charge in [0, 0.05) is 121 Å². The maximum Gasteiger partial charge on any atom is 0.338 e. The summed E-state index contributed by atoms with van der Waals surface area (Å²) in [5.41, 5.74) is 2.72. The van der Waals surface area contributed by atoms with Gasteiger partial charge in [-0.15, -0.1) is 34.0 Å². The first kappa shape index (κ1) is 89.6. The van der Waals surface area contributed by atoms with Gasteiger partial charge >= 0.3 is 35.8 Å². The third-order valence-corrected chi connectivity index (χ3v) is 22.4. The lowest BCUT2D eigenvalue weighted by molar-refractivity contribution is -0.151. The highest BCUT2D eigenvalue weighted by molar-refractivity contribution is 9.10. The second kappa shape index (κ2) is 41.6.